The molecule has 1 aliphatic rings. The van der Waals surface area contributed by atoms with E-state index in [0.29, 0.717) is 15.6 Å². The second-order valence-corrected chi connectivity index (χ2v) is 6.56. The van der Waals surface area contributed by atoms with E-state index >= 15 is 0 Å². The number of alkyl halides is 2. The van der Waals surface area contributed by atoms with Crippen molar-refractivity contribution in [1.82, 2.24) is 5.32 Å². The summed E-state index contributed by atoms with van der Waals surface area (Å²) in [6.45, 7) is -1.09. The maximum atomic E-state index is 12.7. The molecule has 1 aliphatic heterocycles. The van der Waals surface area contributed by atoms with Gasteiger partial charge in [-0.3, -0.25) is 4.79 Å². The van der Waals surface area contributed by atoms with Gasteiger partial charge in [-0.25, -0.2) is 4.99 Å². The number of nitrogens with zero attached hydrogens (tertiary/aromatic N) is 1. The molecule has 2 aromatic carbocycles. The summed E-state index contributed by atoms with van der Waals surface area (Å²) in [5, 5.41) is 3.09. The Labute approximate surface area is 159 Å². The molecule has 27 heavy (non-hydrogen) atoms. The molecule has 0 saturated carbocycles. The van der Waals surface area contributed by atoms with Gasteiger partial charge in [0.2, 0.25) is 0 Å². The van der Waals surface area contributed by atoms with Crippen LogP contribution in [0.2, 0.25) is 0 Å². The number of rotatable bonds is 5. The third-order valence-electron chi connectivity index (χ3n) is 3.71. The minimum absolute atomic E-state index is 0.125. The van der Waals surface area contributed by atoms with Crippen LogP contribution in [-0.2, 0) is 4.79 Å². The van der Waals surface area contributed by atoms with E-state index in [-0.39, 0.29) is 17.4 Å². The molecule has 140 valence electrons. The van der Waals surface area contributed by atoms with Gasteiger partial charge in [0.15, 0.2) is 16.7 Å². The molecular formula is C19H16F2N2O3S. The smallest absolute Gasteiger partial charge is 0.387 e. The molecule has 5 nitrogen and oxygen atoms in total. The molecule has 0 aromatic heterocycles. The molecule has 1 heterocycles. The number of nitrogens with one attached hydrogen (secondary N) is 1. The lowest BCUT2D eigenvalue weighted by Crippen LogP contribution is -2.19. The van der Waals surface area contributed by atoms with E-state index in [1.54, 1.807) is 12.1 Å². The van der Waals surface area contributed by atoms with E-state index in [1.165, 1.54) is 19.3 Å². The number of hydrogen-bond donors (Lipinski definition) is 1. The average molecular weight is 390 g/mol. The summed E-state index contributed by atoms with van der Waals surface area (Å²) in [7, 11) is 1.36. The Morgan fingerprint density at radius 2 is 1.96 bits per heavy atom. The third-order valence-corrected chi connectivity index (χ3v) is 4.62. The maximum Gasteiger partial charge on any atom is 0.387 e. The fourth-order valence-electron chi connectivity index (χ4n) is 2.44. The summed E-state index contributed by atoms with van der Waals surface area (Å²) in [6.07, 6.45) is 1.47. The van der Waals surface area contributed by atoms with Crippen LogP contribution in [0.15, 0.2) is 52.4 Å². The molecule has 1 saturated heterocycles. The number of ether oxygens (including phenoxy) is 2. The third kappa shape index (κ3) is 4.46. The Hall–Kier alpha value is -2.87. The van der Waals surface area contributed by atoms with Crippen molar-refractivity contribution in [1.29, 1.82) is 0 Å². The van der Waals surface area contributed by atoms with Gasteiger partial charge in [0.05, 0.1) is 17.7 Å². The van der Waals surface area contributed by atoms with Crippen LogP contribution in [0.5, 0.6) is 11.5 Å². The fraction of sp³-hybridized carbons (Fsp3) is 0.158. The number of halogens is 2. The molecule has 1 N–H and O–H groups in total. The van der Waals surface area contributed by atoms with Crippen LogP contribution in [-0.4, -0.2) is 24.8 Å². The summed E-state index contributed by atoms with van der Waals surface area (Å²) in [5.74, 6) is -0.333. The van der Waals surface area contributed by atoms with Gasteiger partial charge in [-0.15, -0.1) is 0 Å². The van der Waals surface area contributed by atoms with Crippen LogP contribution in [0.1, 0.15) is 11.1 Å². The van der Waals surface area contributed by atoms with Crippen LogP contribution in [0, 0.1) is 6.92 Å². The minimum Gasteiger partial charge on any atom is -0.493 e. The highest BCUT2D eigenvalue weighted by Gasteiger charge is 2.25. The SMILES string of the molecule is COc1cccc(/C=C2\SC(=Nc3ccccc3C)NC2=O)c1OC(F)F. The first-order valence-electron chi connectivity index (χ1n) is 7.95. The molecule has 0 unspecified atom stereocenters. The van der Waals surface area contributed by atoms with Gasteiger partial charge in [-0.2, -0.15) is 8.78 Å². The van der Waals surface area contributed by atoms with Gasteiger partial charge in [-0.05, 0) is 42.5 Å². The molecule has 0 bridgehead atoms. The number of amidine groups is 1. The Balaban J connectivity index is 1.92. The lowest BCUT2D eigenvalue weighted by molar-refractivity contribution is -0.115. The van der Waals surface area contributed by atoms with Gasteiger partial charge >= 0.3 is 6.61 Å². The Bertz CT molecular complexity index is 929. The van der Waals surface area contributed by atoms with E-state index in [0.717, 1.165) is 23.0 Å². The lowest BCUT2D eigenvalue weighted by Gasteiger charge is -2.12. The first-order valence-corrected chi connectivity index (χ1v) is 8.76. The van der Waals surface area contributed by atoms with Crippen molar-refractivity contribution >= 4 is 34.6 Å². The fourth-order valence-corrected chi connectivity index (χ4v) is 3.27. The summed E-state index contributed by atoms with van der Waals surface area (Å²) in [4.78, 5) is 17.0. The number of methoxy groups -OCH3 is 1. The second kappa shape index (κ2) is 8.22. The largest absolute Gasteiger partial charge is 0.493 e. The molecule has 0 radical (unpaired) electrons. The van der Waals surface area contributed by atoms with Crippen LogP contribution in [0.3, 0.4) is 0 Å². The summed E-state index contributed by atoms with van der Waals surface area (Å²) in [6, 6.07) is 12.2. The van der Waals surface area contributed by atoms with Crippen LogP contribution < -0.4 is 14.8 Å². The highest BCUT2D eigenvalue weighted by atomic mass is 32.2. The monoisotopic (exact) mass is 390 g/mol. The molecule has 2 aromatic rings. The number of aryl methyl sites for hydroxylation is 1. The van der Waals surface area contributed by atoms with Crippen molar-refractivity contribution in [2.45, 2.75) is 13.5 Å². The zero-order valence-corrected chi connectivity index (χ0v) is 15.3. The molecule has 8 heteroatoms. The standard InChI is InChI=1S/C19H16F2N2O3S/c1-11-6-3-4-8-13(11)22-19-23-17(24)15(27-19)10-12-7-5-9-14(25-2)16(12)26-18(20)21/h3-10,18H,1-2H3,(H,22,23,24)/b15-10-. The lowest BCUT2D eigenvalue weighted by atomic mass is 10.1. The van der Waals surface area contributed by atoms with Crippen LogP contribution in [0.25, 0.3) is 6.08 Å². The first kappa shape index (κ1) is 18.9. The number of carbonyl (C=O) groups is 1. The predicted molar refractivity (Wildman–Crippen MR) is 102 cm³/mol. The zero-order chi connectivity index (χ0) is 19.4. The van der Waals surface area contributed by atoms with E-state index in [1.807, 2.05) is 31.2 Å². The minimum atomic E-state index is -3.01. The van der Waals surface area contributed by atoms with E-state index in [9.17, 15) is 13.6 Å². The zero-order valence-electron chi connectivity index (χ0n) is 14.5. The topological polar surface area (TPSA) is 59.9 Å². The Morgan fingerprint density at radius 3 is 2.67 bits per heavy atom. The van der Waals surface area contributed by atoms with Crippen molar-refractivity contribution in [2.24, 2.45) is 4.99 Å². The first-order chi connectivity index (χ1) is 13.0. The van der Waals surface area contributed by atoms with Crippen molar-refractivity contribution in [3.63, 3.8) is 0 Å². The van der Waals surface area contributed by atoms with Crippen molar-refractivity contribution < 1.29 is 23.0 Å². The maximum absolute atomic E-state index is 12.7. The van der Waals surface area contributed by atoms with Crippen LogP contribution >= 0.6 is 11.8 Å². The Kier molecular flexibility index (Phi) is 5.75. The van der Waals surface area contributed by atoms with Gasteiger partial charge in [-0.1, -0.05) is 30.3 Å². The number of benzene rings is 2. The van der Waals surface area contributed by atoms with Crippen LogP contribution in [0.4, 0.5) is 14.5 Å². The van der Waals surface area contributed by atoms with Gasteiger partial charge in [0, 0.05) is 5.56 Å². The molecule has 1 amide bonds. The van der Waals surface area contributed by atoms with E-state index in [2.05, 4.69) is 15.0 Å². The summed E-state index contributed by atoms with van der Waals surface area (Å²) >= 11 is 1.12. The Morgan fingerprint density at radius 1 is 1.19 bits per heavy atom. The van der Waals surface area contributed by atoms with Crippen molar-refractivity contribution in [3.05, 3.63) is 58.5 Å². The quantitative estimate of drug-likeness (QED) is 0.764. The highest BCUT2D eigenvalue weighted by Crippen LogP contribution is 2.36. The predicted octanol–water partition coefficient (Wildman–Crippen LogP) is 4.50. The molecule has 0 aliphatic carbocycles. The van der Waals surface area contributed by atoms with E-state index in [4.69, 9.17) is 4.74 Å². The van der Waals surface area contributed by atoms with Gasteiger partial charge in [0.25, 0.3) is 5.91 Å². The second-order valence-electron chi connectivity index (χ2n) is 5.53. The molecule has 1 fully saturated rings. The number of hydrogen-bond acceptors (Lipinski definition) is 5. The van der Waals surface area contributed by atoms with Crippen molar-refractivity contribution in [3.8, 4) is 11.5 Å². The van der Waals surface area contributed by atoms with Gasteiger partial charge < -0.3 is 14.8 Å². The number of para-hydroxylation sites is 2. The molecular weight excluding hydrogens is 374 g/mol. The van der Waals surface area contributed by atoms with Crippen molar-refractivity contribution in [2.75, 3.05) is 7.11 Å². The molecule has 0 atom stereocenters. The summed E-state index contributed by atoms with van der Waals surface area (Å²) in [5.41, 5.74) is 2.02. The van der Waals surface area contributed by atoms with E-state index < -0.39 is 6.61 Å². The highest BCUT2D eigenvalue weighted by molar-refractivity contribution is 8.18. The molecule has 3 rings (SSSR count). The van der Waals surface area contributed by atoms with Gasteiger partial charge in [0.1, 0.15) is 0 Å². The average Bonchev–Trinajstić information content (AvgIpc) is 2.97. The summed E-state index contributed by atoms with van der Waals surface area (Å²) < 4.78 is 35.1. The number of amides is 1. The number of thioether (sulfide) groups is 1. The normalized spacial score (nSPS) is 16.9. The molecule has 0 spiro atoms. The number of carbonyl (C=O) groups excluding carboxylic acids is 1. The number of aliphatic imine (C=N–C) groups is 1.